The van der Waals surface area contributed by atoms with E-state index in [1.54, 1.807) is 19.1 Å². The fourth-order valence-corrected chi connectivity index (χ4v) is 2.21. The summed E-state index contributed by atoms with van der Waals surface area (Å²) in [5.74, 6) is -2.11. The van der Waals surface area contributed by atoms with E-state index in [4.69, 9.17) is 26.2 Å². The van der Waals surface area contributed by atoms with Gasteiger partial charge in [-0.2, -0.15) is 0 Å². The summed E-state index contributed by atoms with van der Waals surface area (Å²) in [6.07, 6.45) is 0. The van der Waals surface area contributed by atoms with Gasteiger partial charge in [-0.25, -0.2) is 9.59 Å². The number of amides is 1. The molecule has 2 aromatic rings. The zero-order valence-corrected chi connectivity index (χ0v) is 14.6. The molecule has 0 aliphatic heterocycles. The predicted molar refractivity (Wildman–Crippen MR) is 94.9 cm³/mol. The van der Waals surface area contributed by atoms with Gasteiger partial charge in [-0.05, 0) is 49.4 Å². The zero-order valence-electron chi connectivity index (χ0n) is 13.8. The molecule has 0 spiro atoms. The number of nitrogens with one attached hydrogen (secondary N) is 1. The molecule has 7 nitrogen and oxygen atoms in total. The summed E-state index contributed by atoms with van der Waals surface area (Å²) in [4.78, 5) is 34.7. The van der Waals surface area contributed by atoms with Crippen LogP contribution in [0.25, 0.3) is 0 Å². The van der Waals surface area contributed by atoms with E-state index in [2.05, 4.69) is 5.32 Å². The Hall–Kier alpha value is -3.06. The molecular formula is C18H16ClNO6. The van der Waals surface area contributed by atoms with Gasteiger partial charge in [0.1, 0.15) is 11.3 Å². The number of benzene rings is 2. The minimum absolute atomic E-state index is 0.0368. The van der Waals surface area contributed by atoms with Gasteiger partial charge in [-0.1, -0.05) is 11.6 Å². The first-order valence-electron chi connectivity index (χ1n) is 7.63. The maximum Gasteiger partial charge on any atom is 0.339 e. The van der Waals surface area contributed by atoms with E-state index in [1.807, 2.05) is 0 Å². The van der Waals surface area contributed by atoms with Gasteiger partial charge in [0.15, 0.2) is 6.61 Å². The second-order valence-corrected chi connectivity index (χ2v) is 5.52. The van der Waals surface area contributed by atoms with Crippen LogP contribution in [-0.2, 0) is 9.53 Å². The van der Waals surface area contributed by atoms with Crippen LogP contribution in [0.5, 0.6) is 5.75 Å². The Balaban J connectivity index is 1.95. The van der Waals surface area contributed by atoms with Crippen LogP contribution >= 0.6 is 11.6 Å². The minimum atomic E-state index is -1.21. The molecule has 136 valence electrons. The average Bonchev–Trinajstić information content (AvgIpc) is 2.61. The lowest BCUT2D eigenvalue weighted by Crippen LogP contribution is -2.21. The topological polar surface area (TPSA) is 102 Å². The number of rotatable bonds is 7. The molecule has 2 N–H and O–H groups in total. The van der Waals surface area contributed by atoms with Gasteiger partial charge in [-0.3, -0.25) is 4.79 Å². The predicted octanol–water partition coefficient (Wildman–Crippen LogP) is 3.23. The van der Waals surface area contributed by atoms with Gasteiger partial charge < -0.3 is 19.9 Å². The smallest absolute Gasteiger partial charge is 0.339 e. The highest BCUT2D eigenvalue weighted by Crippen LogP contribution is 2.23. The van der Waals surface area contributed by atoms with Gasteiger partial charge in [0.2, 0.25) is 0 Å². The highest BCUT2D eigenvalue weighted by atomic mass is 35.5. The molecule has 0 fully saturated rings. The fraction of sp³-hybridized carbons (Fsp3) is 0.167. The van der Waals surface area contributed by atoms with Crippen molar-refractivity contribution in [2.75, 3.05) is 18.5 Å². The van der Waals surface area contributed by atoms with Crippen molar-refractivity contribution in [3.8, 4) is 5.75 Å². The highest BCUT2D eigenvalue weighted by molar-refractivity contribution is 6.31. The molecule has 2 aromatic carbocycles. The summed E-state index contributed by atoms with van der Waals surface area (Å²) < 4.78 is 10.1. The standard InChI is InChI=1S/C18H16ClNO6/c1-2-25-18(24)11-3-6-13(7-4-11)20-16(21)10-26-15-8-5-12(19)9-14(15)17(22)23/h3-9H,2,10H2,1H3,(H,20,21)(H,22,23). The third kappa shape index (κ3) is 5.22. The second-order valence-electron chi connectivity index (χ2n) is 5.08. The summed E-state index contributed by atoms with van der Waals surface area (Å²) in [7, 11) is 0. The average molecular weight is 378 g/mol. The summed E-state index contributed by atoms with van der Waals surface area (Å²) >= 11 is 5.75. The SMILES string of the molecule is CCOC(=O)c1ccc(NC(=O)COc2ccc(Cl)cc2C(=O)O)cc1. The van der Waals surface area contributed by atoms with Crippen LogP contribution in [0.3, 0.4) is 0 Å². The Morgan fingerprint density at radius 1 is 1.12 bits per heavy atom. The van der Waals surface area contributed by atoms with E-state index in [9.17, 15) is 14.4 Å². The van der Waals surface area contributed by atoms with Crippen molar-refractivity contribution >= 4 is 35.1 Å². The third-order valence-corrected chi connectivity index (χ3v) is 3.45. The number of carboxylic acids is 1. The molecule has 8 heteroatoms. The number of halogens is 1. The Bertz CT molecular complexity index is 819. The lowest BCUT2D eigenvalue weighted by Gasteiger charge is -2.10. The number of anilines is 1. The molecule has 1 amide bonds. The van der Waals surface area contributed by atoms with E-state index in [0.717, 1.165) is 0 Å². The van der Waals surface area contributed by atoms with E-state index < -0.39 is 17.8 Å². The Morgan fingerprint density at radius 2 is 1.81 bits per heavy atom. The zero-order chi connectivity index (χ0) is 19.1. The van der Waals surface area contributed by atoms with Crippen molar-refractivity contribution in [3.05, 3.63) is 58.6 Å². The van der Waals surface area contributed by atoms with E-state index >= 15 is 0 Å². The molecule has 0 saturated carbocycles. The van der Waals surface area contributed by atoms with Gasteiger partial charge in [-0.15, -0.1) is 0 Å². The van der Waals surface area contributed by atoms with Gasteiger partial charge in [0, 0.05) is 10.7 Å². The number of carbonyl (C=O) groups is 3. The van der Waals surface area contributed by atoms with E-state index in [1.165, 1.54) is 30.3 Å². The number of ether oxygens (including phenoxy) is 2. The summed E-state index contributed by atoms with van der Waals surface area (Å²) in [6, 6.07) is 10.2. The third-order valence-electron chi connectivity index (χ3n) is 3.21. The first-order chi connectivity index (χ1) is 12.4. The second kappa shape index (κ2) is 8.87. The Kier molecular flexibility index (Phi) is 6.57. The van der Waals surface area contributed by atoms with Crippen molar-refractivity contribution < 1.29 is 29.0 Å². The number of aromatic carboxylic acids is 1. The van der Waals surface area contributed by atoms with Crippen LogP contribution in [0, 0.1) is 0 Å². The number of hydrogen-bond acceptors (Lipinski definition) is 5. The number of esters is 1. The molecule has 0 aliphatic rings. The van der Waals surface area contributed by atoms with Crippen LogP contribution < -0.4 is 10.1 Å². The maximum atomic E-state index is 12.0. The molecule has 0 saturated heterocycles. The molecule has 2 rings (SSSR count). The molecule has 0 heterocycles. The van der Waals surface area contributed by atoms with Crippen molar-refractivity contribution in [1.29, 1.82) is 0 Å². The summed E-state index contributed by atoms with van der Waals surface area (Å²) in [5.41, 5.74) is 0.693. The van der Waals surface area contributed by atoms with Crippen LogP contribution in [0.15, 0.2) is 42.5 Å². The summed E-state index contributed by atoms with van der Waals surface area (Å²) in [6.45, 7) is 1.60. The molecule has 0 unspecified atom stereocenters. The summed E-state index contributed by atoms with van der Waals surface area (Å²) in [5, 5.41) is 12.0. The lowest BCUT2D eigenvalue weighted by atomic mass is 10.2. The number of carboxylic acid groups (broad SMARTS) is 1. The van der Waals surface area contributed by atoms with Crippen LogP contribution in [-0.4, -0.2) is 36.2 Å². The first-order valence-corrected chi connectivity index (χ1v) is 8.01. The molecule has 0 aliphatic carbocycles. The van der Waals surface area contributed by atoms with Crippen LogP contribution in [0.2, 0.25) is 5.02 Å². The van der Waals surface area contributed by atoms with Crippen LogP contribution in [0.1, 0.15) is 27.6 Å². The van der Waals surface area contributed by atoms with Gasteiger partial charge in [0.05, 0.1) is 12.2 Å². The number of carbonyl (C=O) groups excluding carboxylic acids is 2. The Morgan fingerprint density at radius 3 is 2.42 bits per heavy atom. The quantitative estimate of drug-likeness (QED) is 0.718. The monoisotopic (exact) mass is 377 g/mol. The van der Waals surface area contributed by atoms with E-state index in [0.29, 0.717) is 11.3 Å². The van der Waals surface area contributed by atoms with Crippen LogP contribution in [0.4, 0.5) is 5.69 Å². The molecule has 0 aromatic heterocycles. The molecule has 26 heavy (non-hydrogen) atoms. The molecule has 0 radical (unpaired) electrons. The maximum absolute atomic E-state index is 12.0. The normalized spacial score (nSPS) is 10.1. The van der Waals surface area contributed by atoms with E-state index in [-0.39, 0.29) is 29.5 Å². The molecular weight excluding hydrogens is 362 g/mol. The van der Waals surface area contributed by atoms with Crippen molar-refractivity contribution in [2.24, 2.45) is 0 Å². The van der Waals surface area contributed by atoms with Gasteiger partial charge >= 0.3 is 11.9 Å². The van der Waals surface area contributed by atoms with Crippen molar-refractivity contribution in [2.45, 2.75) is 6.92 Å². The molecule has 0 bridgehead atoms. The Labute approximate surface area is 154 Å². The molecule has 0 atom stereocenters. The van der Waals surface area contributed by atoms with Crippen molar-refractivity contribution in [3.63, 3.8) is 0 Å². The van der Waals surface area contributed by atoms with Crippen molar-refractivity contribution in [1.82, 2.24) is 0 Å². The highest BCUT2D eigenvalue weighted by Gasteiger charge is 2.14. The number of hydrogen-bond donors (Lipinski definition) is 2. The first kappa shape index (κ1) is 19.3. The fourth-order valence-electron chi connectivity index (χ4n) is 2.04. The van der Waals surface area contributed by atoms with Gasteiger partial charge in [0.25, 0.3) is 5.91 Å². The largest absolute Gasteiger partial charge is 0.483 e. The lowest BCUT2D eigenvalue weighted by molar-refractivity contribution is -0.118. The minimum Gasteiger partial charge on any atom is -0.483 e.